The van der Waals surface area contributed by atoms with Crippen LogP contribution < -0.4 is 5.32 Å². The maximum Gasteiger partial charge on any atom is 0.419 e. The van der Waals surface area contributed by atoms with Crippen LogP contribution in [0.1, 0.15) is 12.5 Å². The van der Waals surface area contributed by atoms with E-state index in [-0.39, 0.29) is 22.8 Å². The van der Waals surface area contributed by atoms with Gasteiger partial charge in [-0.05, 0) is 51.4 Å². The molecule has 0 aliphatic rings. The van der Waals surface area contributed by atoms with E-state index < -0.39 is 27.5 Å². The largest absolute Gasteiger partial charge is 0.419 e. The molecule has 12 heteroatoms. The Bertz CT molecular complexity index is 1770. The number of anilines is 2. The van der Waals surface area contributed by atoms with E-state index in [9.17, 15) is 21.6 Å². The van der Waals surface area contributed by atoms with E-state index in [0.29, 0.717) is 11.1 Å². The van der Waals surface area contributed by atoms with E-state index in [1.54, 1.807) is 24.3 Å². The molecule has 0 atom stereocenters. The highest BCUT2D eigenvalue weighted by molar-refractivity contribution is 7.90. The normalized spacial score (nSPS) is 12.6. The molecule has 3 aromatic heterocycles. The van der Waals surface area contributed by atoms with Gasteiger partial charge in [-0.3, -0.25) is 0 Å². The third-order valence-corrected chi connectivity index (χ3v) is 8.14. The number of hydrogen-bond donors (Lipinski definition) is 1. The predicted octanol–water partition coefficient (Wildman–Crippen LogP) is 5.57. The van der Waals surface area contributed by atoms with Gasteiger partial charge in [0.25, 0.3) is 0 Å². The molecule has 0 aliphatic heterocycles. The molecule has 0 bridgehead atoms. The Hall–Kier alpha value is -3.90. The SMILES string of the molecule is CCS(=O)(=O)n1cc(-c2nc(Nc3ccc4c(ccn4CCN(C)C)c3)ncc2C(F)(F)F)c2ccccc21. The van der Waals surface area contributed by atoms with Crippen molar-refractivity contribution < 1.29 is 21.6 Å². The summed E-state index contributed by atoms with van der Waals surface area (Å²) in [5.41, 5.74) is 0.500. The average molecular weight is 557 g/mol. The highest BCUT2D eigenvalue weighted by Crippen LogP contribution is 2.40. The van der Waals surface area contributed by atoms with E-state index in [1.165, 1.54) is 13.1 Å². The number of alkyl halides is 3. The van der Waals surface area contributed by atoms with Crippen LogP contribution >= 0.6 is 0 Å². The number of fused-ring (bicyclic) bond motifs is 2. The molecule has 0 aliphatic carbocycles. The van der Waals surface area contributed by atoms with Crippen LogP contribution in [0.4, 0.5) is 24.8 Å². The zero-order chi connectivity index (χ0) is 27.9. The molecule has 0 saturated carbocycles. The van der Waals surface area contributed by atoms with Crippen molar-refractivity contribution in [1.29, 1.82) is 0 Å². The molecule has 1 N–H and O–H groups in total. The van der Waals surface area contributed by atoms with Crippen molar-refractivity contribution in [2.75, 3.05) is 31.7 Å². The standard InChI is InChI=1S/C27H27F3N6O2S/c1-4-39(37,38)36-17-21(20-7-5-6-8-24(20)36)25-22(27(28,29)30)16-31-26(33-25)32-19-9-10-23-18(15-19)11-12-35(23)14-13-34(2)3/h5-12,15-17H,4,13-14H2,1-3H3,(H,31,32,33). The molecule has 0 radical (unpaired) electrons. The number of likely N-dealkylation sites (N-methyl/N-ethyl adjacent to an activating group) is 1. The number of para-hydroxylation sites is 1. The first-order chi connectivity index (χ1) is 18.5. The summed E-state index contributed by atoms with van der Waals surface area (Å²) in [6.45, 7) is 3.17. The molecular weight excluding hydrogens is 529 g/mol. The van der Waals surface area contributed by atoms with Gasteiger partial charge in [0, 0.05) is 59.2 Å². The molecule has 0 amide bonds. The topological polar surface area (TPSA) is 85.0 Å². The molecule has 2 aromatic carbocycles. The van der Waals surface area contributed by atoms with Gasteiger partial charge in [0.1, 0.15) is 5.56 Å². The first-order valence-corrected chi connectivity index (χ1v) is 13.9. The van der Waals surface area contributed by atoms with Crippen molar-refractivity contribution in [2.24, 2.45) is 0 Å². The lowest BCUT2D eigenvalue weighted by molar-refractivity contribution is -0.137. The quantitative estimate of drug-likeness (QED) is 0.269. The van der Waals surface area contributed by atoms with Crippen LogP contribution in [0, 0.1) is 0 Å². The third kappa shape index (κ3) is 5.21. The summed E-state index contributed by atoms with van der Waals surface area (Å²) in [4.78, 5) is 10.3. The second-order valence-electron chi connectivity index (χ2n) is 9.42. The lowest BCUT2D eigenvalue weighted by Crippen LogP contribution is -2.17. The maximum absolute atomic E-state index is 14.1. The van der Waals surface area contributed by atoms with Gasteiger partial charge >= 0.3 is 6.18 Å². The predicted molar refractivity (Wildman–Crippen MR) is 147 cm³/mol. The van der Waals surface area contributed by atoms with Gasteiger partial charge in [0.2, 0.25) is 16.0 Å². The number of nitrogens with one attached hydrogen (secondary N) is 1. The van der Waals surface area contributed by atoms with E-state index >= 15 is 0 Å². The van der Waals surface area contributed by atoms with Gasteiger partial charge in [-0.15, -0.1) is 0 Å². The van der Waals surface area contributed by atoms with Crippen LogP contribution in [0.5, 0.6) is 0 Å². The number of benzene rings is 2. The maximum atomic E-state index is 14.1. The van der Waals surface area contributed by atoms with Gasteiger partial charge in [-0.25, -0.2) is 22.4 Å². The summed E-state index contributed by atoms with van der Waals surface area (Å²) in [7, 11) is 0.238. The molecule has 3 heterocycles. The second kappa shape index (κ2) is 10.0. The number of halogens is 3. The van der Waals surface area contributed by atoms with Crippen LogP contribution in [-0.4, -0.2) is 58.2 Å². The van der Waals surface area contributed by atoms with Crippen LogP contribution in [0.25, 0.3) is 33.1 Å². The van der Waals surface area contributed by atoms with Crippen molar-refractivity contribution in [3.63, 3.8) is 0 Å². The molecule has 0 saturated heterocycles. The first-order valence-electron chi connectivity index (χ1n) is 12.3. The van der Waals surface area contributed by atoms with Crippen molar-refractivity contribution in [3.05, 3.63) is 72.7 Å². The van der Waals surface area contributed by atoms with E-state index in [1.807, 2.05) is 44.6 Å². The monoisotopic (exact) mass is 556 g/mol. The molecule has 204 valence electrons. The molecule has 0 unspecified atom stereocenters. The zero-order valence-corrected chi connectivity index (χ0v) is 22.4. The van der Waals surface area contributed by atoms with Crippen LogP contribution in [-0.2, 0) is 22.7 Å². The fraction of sp³-hybridized carbons (Fsp3) is 0.259. The Balaban J connectivity index is 1.58. The summed E-state index contributed by atoms with van der Waals surface area (Å²) in [5.74, 6) is -0.257. The number of hydrogen-bond acceptors (Lipinski definition) is 6. The van der Waals surface area contributed by atoms with Crippen molar-refractivity contribution >= 4 is 43.5 Å². The first kappa shape index (κ1) is 26.7. The zero-order valence-electron chi connectivity index (χ0n) is 21.6. The lowest BCUT2D eigenvalue weighted by atomic mass is 10.1. The molecule has 8 nitrogen and oxygen atoms in total. The number of rotatable bonds is 8. The summed E-state index contributed by atoms with van der Waals surface area (Å²) in [6.07, 6.45) is -0.839. The Labute approximate surface area is 223 Å². The third-order valence-electron chi connectivity index (χ3n) is 6.51. The minimum Gasteiger partial charge on any atom is -0.346 e. The second-order valence-corrected chi connectivity index (χ2v) is 11.6. The highest BCUT2D eigenvalue weighted by Gasteiger charge is 2.36. The van der Waals surface area contributed by atoms with E-state index in [0.717, 1.165) is 34.2 Å². The fourth-order valence-corrected chi connectivity index (χ4v) is 5.48. The molecule has 39 heavy (non-hydrogen) atoms. The van der Waals surface area contributed by atoms with Crippen molar-refractivity contribution in [1.82, 2.24) is 23.4 Å². The van der Waals surface area contributed by atoms with Gasteiger partial charge in [0.15, 0.2) is 0 Å². The van der Waals surface area contributed by atoms with Crippen LogP contribution in [0.3, 0.4) is 0 Å². The Morgan fingerprint density at radius 1 is 1.05 bits per heavy atom. The summed E-state index contributed by atoms with van der Waals surface area (Å²) in [5, 5.41) is 4.30. The van der Waals surface area contributed by atoms with Gasteiger partial charge in [0.05, 0.1) is 17.0 Å². The minimum atomic E-state index is -4.75. The molecule has 0 fully saturated rings. The smallest absolute Gasteiger partial charge is 0.346 e. The van der Waals surface area contributed by atoms with Gasteiger partial charge in [-0.1, -0.05) is 18.2 Å². The fourth-order valence-electron chi connectivity index (χ4n) is 4.47. The number of nitrogens with zero attached hydrogens (tertiary/aromatic N) is 5. The lowest BCUT2D eigenvalue weighted by Gasteiger charge is -2.14. The van der Waals surface area contributed by atoms with Crippen LogP contribution in [0.15, 0.2) is 67.1 Å². The summed E-state index contributed by atoms with van der Waals surface area (Å²) >= 11 is 0. The summed E-state index contributed by atoms with van der Waals surface area (Å²) < 4.78 is 70.8. The Morgan fingerprint density at radius 2 is 1.82 bits per heavy atom. The summed E-state index contributed by atoms with van der Waals surface area (Å²) in [6, 6.07) is 14.0. The van der Waals surface area contributed by atoms with Crippen LogP contribution in [0.2, 0.25) is 0 Å². The Kier molecular flexibility index (Phi) is 6.85. The van der Waals surface area contributed by atoms with E-state index in [2.05, 4.69) is 24.8 Å². The van der Waals surface area contributed by atoms with Crippen molar-refractivity contribution in [2.45, 2.75) is 19.6 Å². The molecule has 0 spiro atoms. The van der Waals surface area contributed by atoms with E-state index in [4.69, 9.17) is 0 Å². The highest BCUT2D eigenvalue weighted by atomic mass is 32.2. The van der Waals surface area contributed by atoms with Gasteiger partial charge in [-0.2, -0.15) is 13.2 Å². The van der Waals surface area contributed by atoms with Crippen molar-refractivity contribution in [3.8, 4) is 11.3 Å². The molecule has 5 rings (SSSR count). The molecular formula is C27H27F3N6O2S. The average Bonchev–Trinajstić information content (AvgIpc) is 3.48. The van der Waals surface area contributed by atoms with Gasteiger partial charge < -0.3 is 14.8 Å². The molecule has 5 aromatic rings. The Morgan fingerprint density at radius 3 is 2.54 bits per heavy atom. The minimum absolute atomic E-state index is 0.0421. The number of aromatic nitrogens is 4.